The lowest BCUT2D eigenvalue weighted by molar-refractivity contribution is 0.00299. The van der Waals surface area contributed by atoms with Gasteiger partial charge < -0.3 is 10.1 Å². The first kappa shape index (κ1) is 10.4. The number of aryl methyl sites for hydroxylation is 1. The Kier molecular flexibility index (Phi) is 3.21. The van der Waals surface area contributed by atoms with E-state index in [9.17, 15) is 0 Å². The summed E-state index contributed by atoms with van der Waals surface area (Å²) in [6.45, 7) is 4.93. The summed E-state index contributed by atoms with van der Waals surface area (Å²) in [5, 5.41) is 3.47. The summed E-state index contributed by atoms with van der Waals surface area (Å²) < 4.78 is 5.51. The summed E-state index contributed by atoms with van der Waals surface area (Å²) in [5.41, 5.74) is 2.32. The first-order valence-electron chi connectivity index (χ1n) is 5.57. The molecule has 1 aliphatic rings. The van der Waals surface area contributed by atoms with Crippen molar-refractivity contribution in [1.29, 1.82) is 0 Å². The lowest BCUT2D eigenvalue weighted by atomic mass is 9.89. The molecular weight excluding hydrogens is 188 g/mol. The summed E-state index contributed by atoms with van der Waals surface area (Å²) >= 11 is 0. The van der Waals surface area contributed by atoms with Gasteiger partial charge in [0.25, 0.3) is 0 Å². The van der Waals surface area contributed by atoms with Gasteiger partial charge in [0.05, 0.1) is 11.8 Å². The van der Waals surface area contributed by atoms with Crippen molar-refractivity contribution < 1.29 is 4.74 Å². The zero-order chi connectivity index (χ0) is 10.7. The molecule has 0 aromatic carbocycles. The Morgan fingerprint density at radius 2 is 2.27 bits per heavy atom. The SMILES string of the molecule is CCOC1CC(Nc2cncc(C)c2)C1. The molecule has 1 aromatic rings. The van der Waals surface area contributed by atoms with Gasteiger partial charge in [0.2, 0.25) is 0 Å². The molecule has 0 unspecified atom stereocenters. The second kappa shape index (κ2) is 4.62. The van der Waals surface area contributed by atoms with Crippen molar-refractivity contribution in [3.63, 3.8) is 0 Å². The summed E-state index contributed by atoms with van der Waals surface area (Å²) in [5.74, 6) is 0. The number of nitrogens with zero attached hydrogens (tertiary/aromatic N) is 1. The highest BCUT2D eigenvalue weighted by Gasteiger charge is 2.29. The van der Waals surface area contributed by atoms with Gasteiger partial charge in [-0.3, -0.25) is 4.98 Å². The largest absolute Gasteiger partial charge is 0.381 e. The molecule has 0 spiro atoms. The molecule has 1 N–H and O–H groups in total. The first-order chi connectivity index (χ1) is 7.28. The zero-order valence-electron chi connectivity index (χ0n) is 9.36. The van der Waals surface area contributed by atoms with Crippen molar-refractivity contribution in [2.75, 3.05) is 11.9 Å². The van der Waals surface area contributed by atoms with Crippen molar-refractivity contribution in [1.82, 2.24) is 4.98 Å². The highest BCUT2D eigenvalue weighted by Crippen LogP contribution is 2.26. The Labute approximate surface area is 90.9 Å². The van der Waals surface area contributed by atoms with Crippen LogP contribution in [0, 0.1) is 6.92 Å². The number of ether oxygens (including phenoxy) is 1. The fourth-order valence-corrected chi connectivity index (χ4v) is 1.92. The molecule has 1 fully saturated rings. The smallest absolute Gasteiger partial charge is 0.0614 e. The van der Waals surface area contributed by atoms with E-state index in [4.69, 9.17) is 4.74 Å². The van der Waals surface area contributed by atoms with E-state index in [-0.39, 0.29) is 0 Å². The van der Waals surface area contributed by atoms with Crippen molar-refractivity contribution in [3.8, 4) is 0 Å². The topological polar surface area (TPSA) is 34.1 Å². The van der Waals surface area contributed by atoms with Gasteiger partial charge in [-0.15, -0.1) is 0 Å². The number of hydrogen-bond donors (Lipinski definition) is 1. The molecule has 0 bridgehead atoms. The van der Waals surface area contributed by atoms with Gasteiger partial charge >= 0.3 is 0 Å². The van der Waals surface area contributed by atoms with E-state index in [1.54, 1.807) is 0 Å². The molecule has 1 saturated carbocycles. The molecule has 15 heavy (non-hydrogen) atoms. The molecule has 82 valence electrons. The quantitative estimate of drug-likeness (QED) is 0.821. The standard InChI is InChI=1S/C12H18N2O/c1-3-15-12-5-10(6-12)14-11-4-9(2)7-13-8-11/h4,7-8,10,12,14H,3,5-6H2,1-2H3. The van der Waals surface area contributed by atoms with Crippen molar-refractivity contribution in [3.05, 3.63) is 24.0 Å². The Hall–Kier alpha value is -1.09. The third-order valence-electron chi connectivity index (χ3n) is 2.74. The van der Waals surface area contributed by atoms with Crippen LogP contribution < -0.4 is 5.32 Å². The maximum atomic E-state index is 5.51. The Morgan fingerprint density at radius 3 is 2.93 bits per heavy atom. The van der Waals surface area contributed by atoms with Gasteiger partial charge in [-0.2, -0.15) is 0 Å². The molecule has 1 aliphatic carbocycles. The fraction of sp³-hybridized carbons (Fsp3) is 0.583. The number of aromatic nitrogens is 1. The molecule has 0 aliphatic heterocycles. The normalized spacial score (nSPS) is 24.7. The minimum atomic E-state index is 0.463. The molecule has 0 amide bonds. The van der Waals surface area contributed by atoms with Gasteiger partial charge in [0, 0.05) is 25.0 Å². The zero-order valence-corrected chi connectivity index (χ0v) is 9.36. The molecular formula is C12H18N2O. The molecule has 1 aromatic heterocycles. The fourth-order valence-electron chi connectivity index (χ4n) is 1.92. The van der Waals surface area contributed by atoms with Crippen LogP contribution in [0.2, 0.25) is 0 Å². The highest BCUT2D eigenvalue weighted by molar-refractivity contribution is 5.43. The molecule has 0 radical (unpaired) electrons. The number of hydrogen-bond acceptors (Lipinski definition) is 3. The van der Waals surface area contributed by atoms with E-state index in [1.807, 2.05) is 19.3 Å². The average molecular weight is 206 g/mol. The maximum absolute atomic E-state index is 5.51. The third-order valence-corrected chi connectivity index (χ3v) is 2.74. The van der Waals surface area contributed by atoms with Crippen LogP contribution in [0.4, 0.5) is 5.69 Å². The van der Waals surface area contributed by atoms with Gasteiger partial charge in [-0.25, -0.2) is 0 Å². The van der Waals surface area contributed by atoms with E-state index in [2.05, 4.69) is 23.3 Å². The van der Waals surface area contributed by atoms with E-state index in [0.717, 1.165) is 25.1 Å². The highest BCUT2D eigenvalue weighted by atomic mass is 16.5. The minimum absolute atomic E-state index is 0.463. The van der Waals surface area contributed by atoms with Gasteiger partial charge in [-0.1, -0.05) is 0 Å². The second-order valence-electron chi connectivity index (χ2n) is 4.14. The first-order valence-corrected chi connectivity index (χ1v) is 5.57. The molecule has 2 rings (SSSR count). The lowest BCUT2D eigenvalue weighted by Crippen LogP contribution is -2.40. The van der Waals surface area contributed by atoms with Crippen LogP contribution in [-0.2, 0) is 4.74 Å². The van der Waals surface area contributed by atoms with E-state index < -0.39 is 0 Å². The van der Waals surface area contributed by atoms with E-state index in [0.29, 0.717) is 12.1 Å². The predicted octanol–water partition coefficient (Wildman–Crippen LogP) is 2.37. The van der Waals surface area contributed by atoms with Gasteiger partial charge in [0.1, 0.15) is 0 Å². The lowest BCUT2D eigenvalue weighted by Gasteiger charge is -2.35. The molecule has 3 heteroatoms. The Balaban J connectivity index is 1.80. The van der Waals surface area contributed by atoms with Gasteiger partial charge in [0.15, 0.2) is 0 Å². The summed E-state index contributed by atoms with van der Waals surface area (Å²) in [6, 6.07) is 2.69. The summed E-state index contributed by atoms with van der Waals surface area (Å²) in [4.78, 5) is 4.16. The van der Waals surface area contributed by atoms with Crippen molar-refractivity contribution in [2.24, 2.45) is 0 Å². The number of nitrogens with one attached hydrogen (secondary N) is 1. The average Bonchev–Trinajstić information content (AvgIpc) is 2.15. The van der Waals surface area contributed by atoms with Crippen LogP contribution in [0.15, 0.2) is 18.5 Å². The summed E-state index contributed by atoms with van der Waals surface area (Å²) in [6.07, 6.45) is 6.43. The number of pyridine rings is 1. The monoisotopic (exact) mass is 206 g/mol. The van der Waals surface area contributed by atoms with Crippen LogP contribution in [0.1, 0.15) is 25.3 Å². The number of anilines is 1. The van der Waals surface area contributed by atoms with E-state index >= 15 is 0 Å². The van der Waals surface area contributed by atoms with Gasteiger partial charge in [-0.05, 0) is 38.3 Å². The third kappa shape index (κ3) is 2.69. The van der Waals surface area contributed by atoms with E-state index in [1.165, 1.54) is 5.56 Å². The van der Waals surface area contributed by atoms with Crippen LogP contribution in [0.3, 0.4) is 0 Å². The number of rotatable bonds is 4. The summed E-state index contributed by atoms with van der Waals surface area (Å²) in [7, 11) is 0. The Morgan fingerprint density at radius 1 is 1.47 bits per heavy atom. The molecule has 3 nitrogen and oxygen atoms in total. The van der Waals surface area contributed by atoms with Crippen molar-refractivity contribution in [2.45, 2.75) is 38.8 Å². The van der Waals surface area contributed by atoms with Crippen molar-refractivity contribution >= 4 is 5.69 Å². The van der Waals surface area contributed by atoms with Crippen LogP contribution >= 0.6 is 0 Å². The van der Waals surface area contributed by atoms with Crippen LogP contribution in [0.25, 0.3) is 0 Å². The minimum Gasteiger partial charge on any atom is -0.381 e. The Bertz CT molecular complexity index is 321. The maximum Gasteiger partial charge on any atom is 0.0614 e. The second-order valence-corrected chi connectivity index (χ2v) is 4.14. The molecule has 1 heterocycles. The van der Waals surface area contributed by atoms with Crippen LogP contribution in [0.5, 0.6) is 0 Å². The van der Waals surface area contributed by atoms with Crippen LogP contribution in [-0.4, -0.2) is 23.7 Å². The molecule has 0 saturated heterocycles. The predicted molar refractivity (Wildman–Crippen MR) is 61.0 cm³/mol. The molecule has 0 atom stereocenters.